The molecule has 1 aliphatic heterocycles. The number of nitrogens with zero attached hydrogens (tertiary/aromatic N) is 3. The zero-order valence-corrected chi connectivity index (χ0v) is 13.1. The van der Waals surface area contributed by atoms with Crippen molar-refractivity contribution in [3.8, 4) is 0 Å². The fourth-order valence-electron chi connectivity index (χ4n) is 2.56. The Kier molecular flexibility index (Phi) is 5.40. The van der Waals surface area contributed by atoms with Crippen molar-refractivity contribution in [1.29, 1.82) is 0 Å². The van der Waals surface area contributed by atoms with Crippen molar-refractivity contribution in [3.05, 3.63) is 29.3 Å². The highest BCUT2D eigenvalue weighted by Crippen LogP contribution is 2.15. The summed E-state index contributed by atoms with van der Waals surface area (Å²) in [6, 6.07) is 6.44. The van der Waals surface area contributed by atoms with Gasteiger partial charge in [-0.2, -0.15) is 0 Å². The highest BCUT2D eigenvalue weighted by Gasteiger charge is 2.16. The number of piperazine rings is 1. The third kappa shape index (κ3) is 4.47. The van der Waals surface area contributed by atoms with Crippen LogP contribution in [0.3, 0.4) is 0 Å². The Balaban J connectivity index is 1.77. The minimum atomic E-state index is 0.909. The summed E-state index contributed by atoms with van der Waals surface area (Å²) in [7, 11) is 4.27. The van der Waals surface area contributed by atoms with Gasteiger partial charge in [0, 0.05) is 51.5 Å². The maximum Gasteiger partial charge on any atom is 0.0346 e. The van der Waals surface area contributed by atoms with Gasteiger partial charge >= 0.3 is 0 Å². The number of nitrogens with two attached hydrogens (primary N) is 1. The van der Waals surface area contributed by atoms with E-state index < -0.39 is 0 Å². The normalized spacial score (nSPS) is 17.8. The summed E-state index contributed by atoms with van der Waals surface area (Å²) in [5.74, 6) is 0. The lowest BCUT2D eigenvalue weighted by molar-refractivity contribution is 0.120. The van der Waals surface area contributed by atoms with Gasteiger partial charge in [-0.1, -0.05) is 12.1 Å². The first-order valence-corrected chi connectivity index (χ1v) is 7.49. The minimum Gasteiger partial charge on any atom is -0.399 e. The van der Waals surface area contributed by atoms with Gasteiger partial charge in [0.1, 0.15) is 0 Å². The van der Waals surface area contributed by atoms with Crippen molar-refractivity contribution < 1.29 is 0 Å². The Morgan fingerprint density at radius 3 is 2.35 bits per heavy atom. The molecule has 1 aromatic rings. The molecule has 0 spiro atoms. The molecule has 0 aromatic heterocycles. The molecule has 0 saturated carbocycles. The van der Waals surface area contributed by atoms with Crippen LogP contribution < -0.4 is 5.73 Å². The maximum atomic E-state index is 5.98. The SMILES string of the molecule is Cc1ccc(CN2CCN(CCN(C)C)CC2)cc1N. The molecule has 4 heteroatoms. The number of likely N-dealkylation sites (N-methyl/N-ethyl adjacent to an activating group) is 1. The first-order valence-electron chi connectivity index (χ1n) is 7.49. The molecule has 1 saturated heterocycles. The molecular formula is C16H28N4. The van der Waals surface area contributed by atoms with Crippen LogP contribution in [0.15, 0.2) is 18.2 Å². The largest absolute Gasteiger partial charge is 0.399 e. The van der Waals surface area contributed by atoms with Crippen LogP contribution >= 0.6 is 0 Å². The van der Waals surface area contributed by atoms with Gasteiger partial charge in [0.2, 0.25) is 0 Å². The second-order valence-corrected chi connectivity index (χ2v) is 6.11. The van der Waals surface area contributed by atoms with Crippen LogP contribution in [-0.4, -0.2) is 68.1 Å². The first kappa shape index (κ1) is 15.3. The zero-order chi connectivity index (χ0) is 14.5. The predicted molar refractivity (Wildman–Crippen MR) is 85.9 cm³/mol. The molecule has 112 valence electrons. The molecule has 0 aliphatic carbocycles. The van der Waals surface area contributed by atoms with Gasteiger partial charge in [-0.05, 0) is 38.2 Å². The molecule has 0 unspecified atom stereocenters. The van der Waals surface area contributed by atoms with E-state index in [2.05, 4.69) is 53.9 Å². The van der Waals surface area contributed by atoms with Crippen molar-refractivity contribution in [3.63, 3.8) is 0 Å². The lowest BCUT2D eigenvalue weighted by Gasteiger charge is -2.35. The number of benzene rings is 1. The molecule has 1 aromatic carbocycles. The third-order valence-electron chi connectivity index (χ3n) is 4.08. The van der Waals surface area contributed by atoms with E-state index in [0.29, 0.717) is 0 Å². The summed E-state index contributed by atoms with van der Waals surface area (Å²) in [6.07, 6.45) is 0. The third-order valence-corrected chi connectivity index (χ3v) is 4.08. The number of rotatable bonds is 5. The van der Waals surface area contributed by atoms with Gasteiger partial charge in [-0.15, -0.1) is 0 Å². The fourth-order valence-corrected chi connectivity index (χ4v) is 2.56. The van der Waals surface area contributed by atoms with Crippen molar-refractivity contribution in [2.24, 2.45) is 0 Å². The van der Waals surface area contributed by atoms with Crippen LogP contribution in [0.25, 0.3) is 0 Å². The molecule has 1 aliphatic rings. The molecule has 2 rings (SSSR count). The Morgan fingerprint density at radius 2 is 1.75 bits per heavy atom. The highest BCUT2D eigenvalue weighted by molar-refractivity contribution is 5.48. The van der Waals surface area contributed by atoms with Gasteiger partial charge < -0.3 is 10.6 Å². The number of nitrogen functional groups attached to an aromatic ring is 1. The maximum absolute atomic E-state index is 5.98. The summed E-state index contributed by atoms with van der Waals surface area (Å²) in [6.45, 7) is 10.1. The molecule has 4 nitrogen and oxygen atoms in total. The number of anilines is 1. The summed E-state index contributed by atoms with van der Waals surface area (Å²) in [5, 5.41) is 0. The molecule has 0 amide bonds. The van der Waals surface area contributed by atoms with E-state index in [9.17, 15) is 0 Å². The Hall–Kier alpha value is -1.10. The highest BCUT2D eigenvalue weighted by atomic mass is 15.3. The van der Waals surface area contributed by atoms with Crippen LogP contribution in [-0.2, 0) is 6.54 Å². The molecule has 1 heterocycles. The number of hydrogen-bond donors (Lipinski definition) is 1. The standard InChI is InChI=1S/C16H28N4/c1-14-4-5-15(12-16(14)17)13-20-10-8-19(9-11-20)7-6-18(2)3/h4-5,12H,6-11,13,17H2,1-3H3. The Morgan fingerprint density at radius 1 is 1.10 bits per heavy atom. The number of aryl methyl sites for hydroxylation is 1. The monoisotopic (exact) mass is 276 g/mol. The minimum absolute atomic E-state index is 0.909. The van der Waals surface area contributed by atoms with Crippen LogP contribution in [0.2, 0.25) is 0 Å². The molecule has 2 N–H and O–H groups in total. The second kappa shape index (κ2) is 7.07. The van der Waals surface area contributed by atoms with E-state index in [0.717, 1.165) is 31.9 Å². The van der Waals surface area contributed by atoms with Gasteiger partial charge in [0.05, 0.1) is 0 Å². The van der Waals surface area contributed by atoms with E-state index in [1.807, 2.05) is 0 Å². The average Bonchev–Trinajstić information content (AvgIpc) is 2.42. The van der Waals surface area contributed by atoms with Crippen molar-refractivity contribution in [2.45, 2.75) is 13.5 Å². The van der Waals surface area contributed by atoms with Crippen molar-refractivity contribution >= 4 is 5.69 Å². The van der Waals surface area contributed by atoms with E-state index in [1.54, 1.807) is 0 Å². The smallest absolute Gasteiger partial charge is 0.0346 e. The summed E-state index contributed by atoms with van der Waals surface area (Å²) >= 11 is 0. The van der Waals surface area contributed by atoms with Crippen molar-refractivity contribution in [2.75, 3.05) is 59.1 Å². The zero-order valence-electron chi connectivity index (χ0n) is 13.1. The van der Waals surface area contributed by atoms with E-state index in [4.69, 9.17) is 5.73 Å². The molecular weight excluding hydrogens is 248 g/mol. The Labute approximate surface area is 123 Å². The first-order chi connectivity index (χ1) is 9.54. The van der Waals surface area contributed by atoms with E-state index in [-0.39, 0.29) is 0 Å². The lowest BCUT2D eigenvalue weighted by Crippen LogP contribution is -2.47. The van der Waals surface area contributed by atoms with Gasteiger partial charge in [0.25, 0.3) is 0 Å². The van der Waals surface area contributed by atoms with Crippen LogP contribution in [0.4, 0.5) is 5.69 Å². The van der Waals surface area contributed by atoms with Crippen LogP contribution in [0.1, 0.15) is 11.1 Å². The molecule has 0 atom stereocenters. The van der Waals surface area contributed by atoms with E-state index in [1.165, 1.54) is 30.8 Å². The summed E-state index contributed by atoms with van der Waals surface area (Å²) in [5.41, 5.74) is 9.39. The Bertz CT molecular complexity index is 422. The van der Waals surface area contributed by atoms with Gasteiger partial charge in [-0.25, -0.2) is 0 Å². The van der Waals surface area contributed by atoms with Gasteiger partial charge in [-0.3, -0.25) is 9.80 Å². The van der Waals surface area contributed by atoms with Gasteiger partial charge in [0.15, 0.2) is 0 Å². The lowest BCUT2D eigenvalue weighted by atomic mass is 10.1. The number of hydrogen-bond acceptors (Lipinski definition) is 4. The fraction of sp³-hybridized carbons (Fsp3) is 0.625. The molecule has 1 fully saturated rings. The molecule has 0 bridgehead atoms. The van der Waals surface area contributed by atoms with Crippen LogP contribution in [0, 0.1) is 6.92 Å². The van der Waals surface area contributed by atoms with E-state index >= 15 is 0 Å². The average molecular weight is 276 g/mol. The topological polar surface area (TPSA) is 35.7 Å². The van der Waals surface area contributed by atoms with Crippen molar-refractivity contribution in [1.82, 2.24) is 14.7 Å². The summed E-state index contributed by atoms with van der Waals surface area (Å²) in [4.78, 5) is 7.33. The predicted octanol–water partition coefficient (Wildman–Crippen LogP) is 1.26. The second-order valence-electron chi connectivity index (χ2n) is 6.11. The van der Waals surface area contributed by atoms with Crippen LogP contribution in [0.5, 0.6) is 0 Å². The quantitative estimate of drug-likeness (QED) is 0.821. The molecule has 0 radical (unpaired) electrons. The summed E-state index contributed by atoms with van der Waals surface area (Å²) < 4.78 is 0. The molecule has 20 heavy (non-hydrogen) atoms.